The first-order valence-corrected chi connectivity index (χ1v) is 5.68. The van der Waals surface area contributed by atoms with E-state index in [9.17, 15) is 0 Å². The number of thiazole rings is 1. The molecule has 3 nitrogen and oxygen atoms in total. The van der Waals surface area contributed by atoms with Gasteiger partial charge in [0.25, 0.3) is 0 Å². The van der Waals surface area contributed by atoms with Crippen LogP contribution in [-0.2, 0) is 0 Å². The van der Waals surface area contributed by atoms with Crippen LogP contribution in [-0.4, -0.2) is 4.98 Å². The van der Waals surface area contributed by atoms with Crippen molar-refractivity contribution >= 4 is 23.0 Å². The van der Waals surface area contributed by atoms with Gasteiger partial charge in [-0.3, -0.25) is 0 Å². The minimum absolute atomic E-state index is 0.535. The lowest BCUT2D eigenvalue weighted by molar-refractivity contribution is 0.525. The number of allylic oxidation sites excluding steroid dienone is 1. The van der Waals surface area contributed by atoms with Crippen LogP contribution in [0.5, 0.6) is 0 Å². The molecule has 0 spiro atoms. The summed E-state index contributed by atoms with van der Waals surface area (Å²) in [5, 5.41) is 11.7. The van der Waals surface area contributed by atoms with Gasteiger partial charge in [-0.25, -0.2) is 4.98 Å². The van der Waals surface area contributed by atoms with Crippen molar-refractivity contribution in [1.29, 1.82) is 5.26 Å². The van der Waals surface area contributed by atoms with E-state index in [4.69, 9.17) is 9.68 Å². The topological polar surface area (TPSA) is 49.8 Å². The van der Waals surface area contributed by atoms with Gasteiger partial charge in [0.1, 0.15) is 22.6 Å². The van der Waals surface area contributed by atoms with Crippen molar-refractivity contribution in [1.82, 2.24) is 4.98 Å². The molecule has 0 aliphatic carbocycles. The third-order valence-corrected chi connectivity index (χ3v) is 3.01. The van der Waals surface area contributed by atoms with Crippen molar-refractivity contribution in [3.63, 3.8) is 0 Å². The Bertz CT molecular complexity index is 572. The lowest BCUT2D eigenvalue weighted by Gasteiger charge is -1.91. The van der Waals surface area contributed by atoms with Gasteiger partial charge in [-0.15, -0.1) is 11.3 Å². The minimum atomic E-state index is 0.535. The van der Waals surface area contributed by atoms with Gasteiger partial charge in [-0.05, 0) is 26.0 Å². The number of aromatic nitrogens is 1. The Labute approximate surface area is 97.7 Å². The van der Waals surface area contributed by atoms with Crippen LogP contribution in [0.15, 0.2) is 21.9 Å². The van der Waals surface area contributed by atoms with Crippen LogP contribution in [0, 0.1) is 25.2 Å². The van der Waals surface area contributed by atoms with Crippen LogP contribution in [0.25, 0.3) is 11.6 Å². The largest absolute Gasteiger partial charge is 0.462 e. The van der Waals surface area contributed by atoms with Gasteiger partial charge in [0, 0.05) is 17.2 Å². The molecule has 0 unspecified atom stereocenters. The number of hydrogen-bond donors (Lipinski definition) is 0. The molecule has 16 heavy (non-hydrogen) atoms. The summed E-state index contributed by atoms with van der Waals surface area (Å²) >= 11 is 1.46. The number of nitrogens with zero attached hydrogens (tertiary/aromatic N) is 2. The molecule has 2 aromatic rings. The highest BCUT2D eigenvalue weighted by molar-refractivity contribution is 7.11. The maximum atomic E-state index is 9.06. The molecule has 0 saturated carbocycles. The van der Waals surface area contributed by atoms with Gasteiger partial charge in [-0.2, -0.15) is 5.26 Å². The zero-order valence-electron chi connectivity index (χ0n) is 9.02. The molecule has 2 rings (SSSR count). The third kappa shape index (κ3) is 2.20. The van der Waals surface area contributed by atoms with E-state index in [1.165, 1.54) is 11.3 Å². The van der Waals surface area contributed by atoms with Crippen molar-refractivity contribution < 1.29 is 4.42 Å². The Hall–Kier alpha value is -1.86. The van der Waals surface area contributed by atoms with Gasteiger partial charge in [0.2, 0.25) is 0 Å². The molecule has 0 fully saturated rings. The fourth-order valence-corrected chi connectivity index (χ4v) is 2.06. The average Bonchev–Trinajstić information content (AvgIpc) is 2.84. The summed E-state index contributed by atoms with van der Waals surface area (Å²) in [6.45, 7) is 3.78. The van der Waals surface area contributed by atoms with Crippen LogP contribution in [0.2, 0.25) is 0 Å². The average molecular weight is 230 g/mol. The van der Waals surface area contributed by atoms with E-state index in [1.54, 1.807) is 6.08 Å². The van der Waals surface area contributed by atoms with Gasteiger partial charge in [-0.1, -0.05) is 0 Å². The quantitative estimate of drug-likeness (QED) is 0.743. The van der Waals surface area contributed by atoms with Crippen molar-refractivity contribution in [2.75, 3.05) is 0 Å². The standard InChI is InChI=1S/C12H10N2OS/c1-8-7-16-12(14-8)10(6-13)5-11-4-3-9(2)15-11/h3-5,7H,1-2H3/b10-5-. The number of furan rings is 1. The monoisotopic (exact) mass is 230 g/mol. The summed E-state index contributed by atoms with van der Waals surface area (Å²) in [7, 11) is 0. The van der Waals surface area contributed by atoms with Gasteiger partial charge in [0.05, 0.1) is 5.57 Å². The Balaban J connectivity index is 2.37. The first-order chi connectivity index (χ1) is 7.69. The van der Waals surface area contributed by atoms with Crippen molar-refractivity contribution in [2.45, 2.75) is 13.8 Å². The van der Waals surface area contributed by atoms with E-state index in [2.05, 4.69) is 11.1 Å². The predicted octanol–water partition coefficient (Wildman–Crippen LogP) is 3.42. The second-order valence-corrected chi connectivity index (χ2v) is 4.27. The van der Waals surface area contributed by atoms with Crippen molar-refractivity contribution in [3.8, 4) is 6.07 Å². The molecule has 0 aliphatic heterocycles. The van der Waals surface area contributed by atoms with Crippen molar-refractivity contribution in [3.05, 3.63) is 39.7 Å². The number of aryl methyl sites for hydroxylation is 2. The van der Waals surface area contributed by atoms with E-state index in [0.717, 1.165) is 16.5 Å². The third-order valence-electron chi connectivity index (χ3n) is 2.02. The normalized spacial score (nSPS) is 11.4. The van der Waals surface area contributed by atoms with E-state index in [-0.39, 0.29) is 0 Å². The molecule has 0 N–H and O–H groups in total. The maximum Gasteiger partial charge on any atom is 0.134 e. The first-order valence-electron chi connectivity index (χ1n) is 4.80. The van der Waals surface area contributed by atoms with Gasteiger partial charge < -0.3 is 4.42 Å². The minimum Gasteiger partial charge on any atom is -0.462 e. The molecule has 80 valence electrons. The molecule has 2 aromatic heterocycles. The van der Waals surface area contributed by atoms with Crippen LogP contribution in [0.3, 0.4) is 0 Å². The summed E-state index contributed by atoms with van der Waals surface area (Å²) in [5.74, 6) is 1.51. The van der Waals surface area contributed by atoms with Crippen LogP contribution < -0.4 is 0 Å². The smallest absolute Gasteiger partial charge is 0.134 e. The highest BCUT2D eigenvalue weighted by Gasteiger charge is 2.06. The summed E-state index contributed by atoms with van der Waals surface area (Å²) in [6.07, 6.45) is 1.71. The second-order valence-electron chi connectivity index (χ2n) is 3.41. The van der Waals surface area contributed by atoms with Crippen LogP contribution in [0.1, 0.15) is 22.2 Å². The van der Waals surface area contributed by atoms with Gasteiger partial charge >= 0.3 is 0 Å². The molecule has 0 radical (unpaired) electrons. The summed E-state index contributed by atoms with van der Waals surface area (Å²) in [6, 6.07) is 5.85. The fourth-order valence-electron chi connectivity index (χ4n) is 1.29. The van der Waals surface area contributed by atoms with E-state index in [0.29, 0.717) is 11.3 Å². The van der Waals surface area contributed by atoms with E-state index in [1.807, 2.05) is 31.4 Å². The number of hydrogen-bond acceptors (Lipinski definition) is 4. The fraction of sp³-hybridized carbons (Fsp3) is 0.167. The predicted molar refractivity (Wildman–Crippen MR) is 63.8 cm³/mol. The Morgan fingerprint density at radius 3 is 2.81 bits per heavy atom. The van der Waals surface area contributed by atoms with E-state index < -0.39 is 0 Å². The number of rotatable bonds is 2. The molecule has 0 aliphatic rings. The molecule has 4 heteroatoms. The highest BCUT2D eigenvalue weighted by atomic mass is 32.1. The van der Waals surface area contributed by atoms with Crippen LogP contribution in [0.4, 0.5) is 0 Å². The Kier molecular flexibility index (Phi) is 2.88. The molecule has 2 heterocycles. The maximum absolute atomic E-state index is 9.06. The van der Waals surface area contributed by atoms with Crippen LogP contribution >= 0.6 is 11.3 Å². The Morgan fingerprint density at radius 2 is 2.31 bits per heavy atom. The van der Waals surface area contributed by atoms with Crippen molar-refractivity contribution in [2.24, 2.45) is 0 Å². The molecule has 0 amide bonds. The molecule has 0 saturated heterocycles. The SMILES string of the molecule is Cc1csc(/C(C#N)=C\c2ccc(C)o2)n1. The van der Waals surface area contributed by atoms with E-state index >= 15 is 0 Å². The lowest BCUT2D eigenvalue weighted by atomic mass is 10.2. The summed E-state index contributed by atoms with van der Waals surface area (Å²) in [4.78, 5) is 4.27. The molecule has 0 bridgehead atoms. The molecular weight excluding hydrogens is 220 g/mol. The Morgan fingerprint density at radius 1 is 1.50 bits per heavy atom. The first kappa shape index (κ1) is 10.7. The zero-order chi connectivity index (χ0) is 11.5. The molecular formula is C12H10N2OS. The second kappa shape index (κ2) is 4.33. The number of nitriles is 1. The molecule has 0 aromatic carbocycles. The highest BCUT2D eigenvalue weighted by Crippen LogP contribution is 2.22. The van der Waals surface area contributed by atoms with Gasteiger partial charge in [0.15, 0.2) is 0 Å². The zero-order valence-corrected chi connectivity index (χ0v) is 9.84. The summed E-state index contributed by atoms with van der Waals surface area (Å²) < 4.78 is 5.39. The lowest BCUT2D eigenvalue weighted by Crippen LogP contribution is -1.80. The summed E-state index contributed by atoms with van der Waals surface area (Å²) in [5.41, 5.74) is 1.46. The molecule has 0 atom stereocenters.